The fourth-order valence-corrected chi connectivity index (χ4v) is 2.23. The predicted molar refractivity (Wildman–Crippen MR) is 76.5 cm³/mol. The van der Waals surface area contributed by atoms with E-state index in [9.17, 15) is 0 Å². The number of rotatable bonds is 3. The second kappa shape index (κ2) is 8.47. The van der Waals surface area contributed by atoms with Gasteiger partial charge in [-0.3, -0.25) is 9.68 Å². The Balaban J connectivity index is 0.000000422. The third-order valence-electron chi connectivity index (χ3n) is 3.59. The van der Waals surface area contributed by atoms with Crippen molar-refractivity contribution in [2.45, 2.75) is 0 Å². The lowest BCUT2D eigenvalue weighted by Gasteiger charge is -2.49. The Labute approximate surface area is 131 Å². The molecule has 0 atom stereocenters. The smallest absolute Gasteiger partial charge is 0.126 e. The van der Waals surface area contributed by atoms with Crippen molar-refractivity contribution in [3.05, 3.63) is 0 Å². The van der Waals surface area contributed by atoms with E-state index in [-0.39, 0.29) is 0 Å². The molecule has 0 N–H and O–H groups in total. The van der Waals surface area contributed by atoms with E-state index < -0.39 is 10.1 Å². The van der Waals surface area contributed by atoms with Crippen molar-refractivity contribution in [3.63, 3.8) is 0 Å². The number of quaternary nitrogens is 1. The lowest BCUT2D eigenvalue weighted by molar-refractivity contribution is -1.03. The van der Waals surface area contributed by atoms with Crippen molar-refractivity contribution in [2.24, 2.45) is 0 Å². The summed E-state index contributed by atoms with van der Waals surface area (Å²) in [4.78, 5) is 10.6. The zero-order chi connectivity index (χ0) is 16.8. The van der Waals surface area contributed by atoms with Gasteiger partial charge in [0.05, 0.1) is 44.6 Å². The second-order valence-corrected chi connectivity index (χ2v) is 6.77. The molecule has 0 aliphatic carbocycles. The van der Waals surface area contributed by atoms with Crippen LogP contribution in [-0.4, -0.2) is 107 Å². The van der Waals surface area contributed by atoms with Gasteiger partial charge in [-0.25, -0.2) is 13.0 Å². The average Bonchev–Trinajstić information content (AvgIpc) is 2.45. The molecule has 2 rings (SSSR count). The van der Waals surface area contributed by atoms with Crippen LogP contribution in [0, 0.1) is 0 Å². The van der Waals surface area contributed by atoms with Crippen molar-refractivity contribution < 1.29 is 32.0 Å². The van der Waals surface area contributed by atoms with Gasteiger partial charge in [0.25, 0.3) is 0 Å². The van der Waals surface area contributed by atoms with Gasteiger partial charge in [-0.1, -0.05) is 0 Å². The van der Waals surface area contributed by atoms with Crippen LogP contribution >= 0.6 is 0 Å². The molecule has 2 saturated heterocycles. The molecule has 11 heteroatoms. The van der Waals surface area contributed by atoms with Crippen LogP contribution < -0.4 is 0 Å². The summed E-state index contributed by atoms with van der Waals surface area (Å²) >= 11 is 0. The van der Waals surface area contributed by atoms with E-state index in [0.717, 1.165) is 44.2 Å². The van der Waals surface area contributed by atoms with Crippen LogP contribution in [0.5, 0.6) is 0 Å². The first kappa shape index (κ1) is 19.7. The molecule has 2 aliphatic rings. The fourth-order valence-electron chi connectivity index (χ4n) is 2.23. The highest BCUT2D eigenvalue weighted by Crippen LogP contribution is 2.18. The number of hydroxylamine groups is 4. The van der Waals surface area contributed by atoms with E-state index in [2.05, 4.69) is 12.1 Å². The Morgan fingerprint density at radius 2 is 1.45 bits per heavy atom. The van der Waals surface area contributed by atoms with Crippen LogP contribution in [0.2, 0.25) is 0 Å². The van der Waals surface area contributed by atoms with Gasteiger partial charge in [-0.2, -0.15) is 10.1 Å². The summed E-state index contributed by atoms with van der Waals surface area (Å²) in [6.07, 6.45) is 0.604. The Morgan fingerprint density at radius 1 is 1.05 bits per heavy atom. The molecule has 0 aromatic carbocycles. The monoisotopic (exact) mass is 342 g/mol. The molecular weight excluding hydrogens is 316 g/mol. The number of likely N-dealkylation sites (N-methyl/N-ethyl adjacent to an activating group) is 1. The van der Waals surface area contributed by atoms with E-state index in [1.165, 1.54) is 0 Å². The summed E-state index contributed by atoms with van der Waals surface area (Å²) in [5.41, 5.74) is 0. The molecule has 132 valence electrons. The zero-order valence-electron chi connectivity index (χ0n) is 13.6. The van der Waals surface area contributed by atoms with Crippen LogP contribution in [0.15, 0.2) is 0 Å². The van der Waals surface area contributed by atoms with E-state index in [4.69, 9.17) is 27.4 Å². The first-order chi connectivity index (χ1) is 10.2. The van der Waals surface area contributed by atoms with Gasteiger partial charge in [0.15, 0.2) is 0 Å². The molecule has 0 spiro atoms. The summed E-state index contributed by atoms with van der Waals surface area (Å²) in [5.74, 6) is 0. The second-order valence-electron chi connectivity index (χ2n) is 5.36. The summed E-state index contributed by atoms with van der Waals surface area (Å²) in [6, 6.07) is 0. The highest BCUT2D eigenvalue weighted by Gasteiger charge is 2.38. The van der Waals surface area contributed by atoms with E-state index in [1.54, 1.807) is 14.2 Å². The average molecular weight is 342 g/mol. The first-order valence-electron chi connectivity index (χ1n) is 6.84. The van der Waals surface area contributed by atoms with Crippen molar-refractivity contribution >= 4 is 10.1 Å². The van der Waals surface area contributed by atoms with E-state index >= 15 is 0 Å². The molecule has 0 bridgehead atoms. The topological polar surface area (TPSA) is 94.6 Å². The number of ether oxygens (including phenoxy) is 1. The maximum Gasteiger partial charge on any atom is 0.126 e. The number of nitrogens with zero attached hydrogens (tertiary/aromatic N) is 4. The first-order valence-corrected chi connectivity index (χ1v) is 8.66. The minimum Gasteiger partial charge on any atom is -0.748 e. The molecule has 0 saturated carbocycles. The molecule has 0 amide bonds. The molecule has 2 heterocycles. The quantitative estimate of drug-likeness (QED) is 0.446. The lowest BCUT2D eigenvalue weighted by Crippen LogP contribution is -2.69. The van der Waals surface area contributed by atoms with Crippen LogP contribution in [-0.2, 0) is 24.5 Å². The Morgan fingerprint density at radius 3 is 1.82 bits per heavy atom. The van der Waals surface area contributed by atoms with Gasteiger partial charge < -0.3 is 9.29 Å². The molecule has 0 radical (unpaired) electrons. The van der Waals surface area contributed by atoms with Crippen molar-refractivity contribution in [3.8, 4) is 0 Å². The van der Waals surface area contributed by atoms with Crippen LogP contribution in [0.3, 0.4) is 0 Å². The Kier molecular flexibility index (Phi) is 7.58. The summed E-state index contributed by atoms with van der Waals surface area (Å²) < 4.78 is 33.5. The van der Waals surface area contributed by atoms with Crippen molar-refractivity contribution in [2.75, 3.05) is 73.8 Å². The molecule has 2 aliphatic heterocycles. The summed E-state index contributed by atoms with van der Waals surface area (Å²) in [6.45, 7) is 5.85. The molecule has 0 aromatic rings. The van der Waals surface area contributed by atoms with Gasteiger partial charge in [-0.05, 0) is 0 Å². The van der Waals surface area contributed by atoms with Crippen LogP contribution in [0.1, 0.15) is 0 Å². The van der Waals surface area contributed by atoms with E-state index in [1.807, 2.05) is 10.1 Å². The minimum absolute atomic E-state index is 0.604. The molecule has 2 fully saturated rings. The maximum atomic E-state index is 9.08. The lowest BCUT2D eigenvalue weighted by atomic mass is 10.4. The third kappa shape index (κ3) is 6.81. The minimum atomic E-state index is -3.92. The summed E-state index contributed by atoms with van der Waals surface area (Å²) in [7, 11) is 1.70. The van der Waals surface area contributed by atoms with Crippen LogP contribution in [0.25, 0.3) is 0 Å². The SMILES string of the molecule is CON1CN(OC)CN([N+]2(C)CCOCC2)C1.CS(=O)(=O)[O-]. The van der Waals surface area contributed by atoms with Gasteiger partial charge in [0.1, 0.15) is 33.1 Å². The Bertz CT molecular complexity index is 408. The fraction of sp³-hybridized carbons (Fsp3) is 1.00. The van der Waals surface area contributed by atoms with Crippen molar-refractivity contribution in [1.29, 1.82) is 0 Å². The molecule has 0 aromatic heterocycles. The van der Waals surface area contributed by atoms with Crippen LogP contribution in [0.4, 0.5) is 0 Å². The maximum absolute atomic E-state index is 9.08. The zero-order valence-corrected chi connectivity index (χ0v) is 14.4. The van der Waals surface area contributed by atoms with Gasteiger partial charge in [0, 0.05) is 6.26 Å². The highest BCUT2D eigenvalue weighted by atomic mass is 32.2. The van der Waals surface area contributed by atoms with Crippen molar-refractivity contribution in [1.82, 2.24) is 15.1 Å². The molecule has 10 nitrogen and oxygen atoms in total. The molecular formula is C11H26N4O6S. The highest BCUT2D eigenvalue weighted by molar-refractivity contribution is 7.84. The summed E-state index contributed by atoms with van der Waals surface area (Å²) in [5, 5.41) is 6.09. The third-order valence-corrected chi connectivity index (χ3v) is 3.59. The number of hydrogen-bond donors (Lipinski definition) is 0. The van der Waals surface area contributed by atoms with E-state index in [0.29, 0.717) is 12.9 Å². The number of morpholine rings is 1. The standard InChI is InChI=1S/C10H23N4O3.CH4O3S/c1-14(4-6-17-7-5-14)11-8-12(15-2)10-13(9-11)16-3;1-5(2,3)4/h4-10H2,1-3H3;1H3,(H,2,3,4)/q+1;/p-1. The number of hydrogen-bond acceptors (Lipinski definition) is 9. The van der Waals surface area contributed by atoms with Gasteiger partial charge in [-0.15, -0.1) is 5.01 Å². The molecule has 0 unspecified atom stereocenters. The van der Waals surface area contributed by atoms with Gasteiger partial charge in [0.2, 0.25) is 0 Å². The normalized spacial score (nSPS) is 24.6. The Hall–Kier alpha value is -0.370. The predicted octanol–water partition coefficient (Wildman–Crippen LogP) is -1.55. The largest absolute Gasteiger partial charge is 0.748 e. The molecule has 22 heavy (non-hydrogen) atoms. The van der Waals surface area contributed by atoms with Gasteiger partial charge >= 0.3 is 0 Å².